The van der Waals surface area contributed by atoms with Crippen LogP contribution in [0.2, 0.25) is 0 Å². The van der Waals surface area contributed by atoms with Crippen LogP contribution in [0.5, 0.6) is 11.5 Å². The van der Waals surface area contributed by atoms with Crippen LogP contribution in [0.4, 0.5) is 5.95 Å². The lowest BCUT2D eigenvalue weighted by molar-refractivity contribution is 0.174. The number of rotatable bonds is 5. The van der Waals surface area contributed by atoms with Crippen molar-refractivity contribution in [1.82, 2.24) is 14.5 Å². The number of aryl methyl sites for hydroxylation is 2. The molecule has 2 aromatic heterocycles. The van der Waals surface area contributed by atoms with E-state index in [-0.39, 0.29) is 5.56 Å². The highest BCUT2D eigenvalue weighted by atomic mass is 32.1. The van der Waals surface area contributed by atoms with Crippen molar-refractivity contribution < 1.29 is 9.47 Å². The van der Waals surface area contributed by atoms with Crippen LogP contribution < -0.4 is 19.9 Å². The molecule has 3 aromatic rings. The van der Waals surface area contributed by atoms with Gasteiger partial charge >= 0.3 is 0 Å². The fraction of sp³-hybridized carbons (Fsp3) is 0.440. The maximum absolute atomic E-state index is 13.5. The number of nitrogens with zero attached hydrogens (tertiary/aromatic N) is 4. The van der Waals surface area contributed by atoms with Gasteiger partial charge in [-0.15, -0.1) is 17.9 Å². The lowest BCUT2D eigenvalue weighted by Crippen LogP contribution is -2.48. The third kappa shape index (κ3) is 3.71. The van der Waals surface area contributed by atoms with Gasteiger partial charge in [-0.05, 0) is 48.9 Å². The van der Waals surface area contributed by atoms with Gasteiger partial charge in [-0.25, -0.2) is 4.98 Å². The molecule has 0 atom stereocenters. The minimum absolute atomic E-state index is 0.0945. The second-order valence-corrected chi connectivity index (χ2v) is 10.0. The van der Waals surface area contributed by atoms with Crippen LogP contribution in [0.25, 0.3) is 10.2 Å². The van der Waals surface area contributed by atoms with Gasteiger partial charge in [-0.2, -0.15) is 0 Å². The molecule has 0 radical (unpaired) electrons. The number of piperazine rings is 1. The molecule has 33 heavy (non-hydrogen) atoms. The quantitative estimate of drug-likeness (QED) is 0.538. The minimum Gasteiger partial charge on any atom is -0.454 e. The van der Waals surface area contributed by atoms with Crippen molar-refractivity contribution in [3.05, 3.63) is 57.2 Å². The van der Waals surface area contributed by atoms with Crippen molar-refractivity contribution in [1.29, 1.82) is 0 Å². The predicted molar refractivity (Wildman–Crippen MR) is 131 cm³/mol. The van der Waals surface area contributed by atoms with E-state index in [1.54, 1.807) is 17.4 Å². The highest BCUT2D eigenvalue weighted by Gasteiger charge is 2.26. The zero-order valence-corrected chi connectivity index (χ0v) is 19.5. The van der Waals surface area contributed by atoms with Crippen LogP contribution in [0, 0.1) is 0 Å². The maximum atomic E-state index is 13.5. The molecule has 3 aliphatic rings. The SMILES string of the molecule is C=CCn1c(N2CCN(Cc3ccc4c(c3)OCO4)CC2)nc2sc3c(c2c1=O)CCCC3. The van der Waals surface area contributed by atoms with Crippen molar-refractivity contribution in [2.75, 3.05) is 37.9 Å². The van der Waals surface area contributed by atoms with Crippen LogP contribution in [0.1, 0.15) is 28.8 Å². The molecule has 7 nitrogen and oxygen atoms in total. The zero-order chi connectivity index (χ0) is 22.4. The van der Waals surface area contributed by atoms with Gasteiger partial charge in [0.15, 0.2) is 11.5 Å². The number of hydrogen-bond acceptors (Lipinski definition) is 7. The van der Waals surface area contributed by atoms with Crippen LogP contribution in [-0.4, -0.2) is 47.4 Å². The van der Waals surface area contributed by atoms with E-state index in [4.69, 9.17) is 14.5 Å². The number of hydrogen-bond donors (Lipinski definition) is 0. The minimum atomic E-state index is 0.0945. The van der Waals surface area contributed by atoms with Crippen LogP contribution >= 0.6 is 11.3 Å². The van der Waals surface area contributed by atoms with Crippen molar-refractivity contribution in [2.45, 2.75) is 38.8 Å². The highest BCUT2D eigenvalue weighted by molar-refractivity contribution is 7.18. The second-order valence-electron chi connectivity index (χ2n) is 8.96. The zero-order valence-electron chi connectivity index (χ0n) is 18.7. The van der Waals surface area contributed by atoms with Gasteiger partial charge in [0.05, 0.1) is 5.39 Å². The number of aromatic nitrogens is 2. The van der Waals surface area contributed by atoms with Crippen molar-refractivity contribution in [3.63, 3.8) is 0 Å². The summed E-state index contributed by atoms with van der Waals surface area (Å²) in [6.07, 6.45) is 6.24. The fourth-order valence-corrected chi connectivity index (χ4v) is 6.41. The Hall–Kier alpha value is -2.84. The van der Waals surface area contributed by atoms with Crippen LogP contribution in [0.15, 0.2) is 35.6 Å². The van der Waals surface area contributed by atoms with Gasteiger partial charge in [-0.1, -0.05) is 12.1 Å². The summed E-state index contributed by atoms with van der Waals surface area (Å²) in [5.74, 6) is 2.44. The van der Waals surface area contributed by atoms with E-state index in [9.17, 15) is 4.79 Å². The Balaban J connectivity index is 1.24. The molecular formula is C25H28N4O3S. The molecular weight excluding hydrogens is 436 g/mol. The van der Waals surface area contributed by atoms with Gasteiger partial charge in [0.1, 0.15) is 4.83 Å². The molecule has 4 heterocycles. The first-order chi connectivity index (χ1) is 16.2. The molecule has 1 fully saturated rings. The first kappa shape index (κ1) is 20.7. The molecule has 0 bridgehead atoms. The molecule has 8 heteroatoms. The van der Waals surface area contributed by atoms with E-state index in [2.05, 4.69) is 28.5 Å². The summed E-state index contributed by atoms with van der Waals surface area (Å²) in [4.78, 5) is 25.5. The van der Waals surface area contributed by atoms with Crippen LogP contribution in [0.3, 0.4) is 0 Å². The first-order valence-electron chi connectivity index (χ1n) is 11.7. The van der Waals surface area contributed by atoms with E-state index < -0.39 is 0 Å². The highest BCUT2D eigenvalue weighted by Crippen LogP contribution is 2.35. The summed E-state index contributed by atoms with van der Waals surface area (Å²) in [7, 11) is 0. The second kappa shape index (κ2) is 8.50. The van der Waals surface area contributed by atoms with Gasteiger partial charge in [-0.3, -0.25) is 14.3 Å². The Morgan fingerprint density at radius 2 is 1.91 bits per heavy atom. The number of ether oxygens (including phenoxy) is 2. The van der Waals surface area contributed by atoms with Gasteiger partial charge in [0.25, 0.3) is 5.56 Å². The summed E-state index contributed by atoms with van der Waals surface area (Å²) in [5.41, 5.74) is 2.56. The monoisotopic (exact) mass is 464 g/mol. The molecule has 172 valence electrons. The standard InChI is InChI=1S/C25H28N4O3S/c1-2-9-29-24(30)22-18-5-3-4-6-21(18)33-23(22)26-25(29)28-12-10-27(11-13-28)15-17-7-8-19-20(14-17)32-16-31-19/h2,7-8,14H,1,3-6,9-13,15-16H2. The average Bonchev–Trinajstić information content (AvgIpc) is 3.45. The topological polar surface area (TPSA) is 59.8 Å². The lowest BCUT2D eigenvalue weighted by Gasteiger charge is -2.36. The van der Waals surface area contributed by atoms with E-state index in [0.717, 1.165) is 79.7 Å². The number of fused-ring (bicyclic) bond motifs is 4. The third-order valence-electron chi connectivity index (χ3n) is 6.86. The van der Waals surface area contributed by atoms with E-state index in [0.29, 0.717) is 13.3 Å². The molecule has 1 aliphatic carbocycles. The van der Waals surface area contributed by atoms with Gasteiger partial charge in [0.2, 0.25) is 12.7 Å². The fourth-order valence-electron chi connectivity index (χ4n) is 5.17. The largest absolute Gasteiger partial charge is 0.454 e. The van der Waals surface area contributed by atoms with Crippen molar-refractivity contribution >= 4 is 27.5 Å². The Labute approximate surface area is 196 Å². The Morgan fingerprint density at radius 1 is 1.09 bits per heavy atom. The number of anilines is 1. The smallest absolute Gasteiger partial charge is 0.264 e. The Morgan fingerprint density at radius 3 is 2.76 bits per heavy atom. The number of thiophene rings is 1. The van der Waals surface area contributed by atoms with Gasteiger partial charge < -0.3 is 14.4 Å². The Kier molecular flexibility index (Phi) is 5.34. The van der Waals surface area contributed by atoms with Crippen molar-refractivity contribution in [3.8, 4) is 11.5 Å². The molecule has 2 aliphatic heterocycles. The molecule has 1 saturated heterocycles. The first-order valence-corrected chi connectivity index (χ1v) is 12.5. The molecule has 6 rings (SSSR count). The van der Waals surface area contributed by atoms with E-state index in [1.165, 1.54) is 22.4 Å². The molecule has 0 spiro atoms. The summed E-state index contributed by atoms with van der Waals surface area (Å²) >= 11 is 1.72. The van der Waals surface area contributed by atoms with E-state index in [1.807, 2.05) is 10.6 Å². The van der Waals surface area contributed by atoms with Gasteiger partial charge in [0, 0.05) is 44.1 Å². The molecule has 0 saturated carbocycles. The molecule has 1 aromatic carbocycles. The number of allylic oxidation sites excluding steroid dienone is 1. The van der Waals surface area contributed by atoms with Crippen LogP contribution in [-0.2, 0) is 25.9 Å². The Bertz CT molecular complexity index is 1270. The third-order valence-corrected chi connectivity index (χ3v) is 8.05. The maximum Gasteiger partial charge on any atom is 0.264 e. The van der Waals surface area contributed by atoms with E-state index >= 15 is 0 Å². The normalized spacial score (nSPS) is 18.0. The summed E-state index contributed by atoms with van der Waals surface area (Å²) in [5, 5.41) is 0.849. The lowest BCUT2D eigenvalue weighted by atomic mass is 9.97. The number of benzene rings is 1. The average molecular weight is 465 g/mol. The summed E-state index contributed by atoms with van der Waals surface area (Å²) < 4.78 is 12.8. The van der Waals surface area contributed by atoms with Crippen molar-refractivity contribution in [2.24, 2.45) is 0 Å². The molecule has 0 amide bonds. The summed E-state index contributed by atoms with van der Waals surface area (Å²) in [6, 6.07) is 6.17. The molecule has 0 N–H and O–H groups in total. The summed E-state index contributed by atoms with van der Waals surface area (Å²) in [6.45, 7) is 9.05. The predicted octanol–water partition coefficient (Wildman–Crippen LogP) is 3.57. The molecule has 0 unspecified atom stereocenters.